The average molecular weight is 648 g/mol. The highest BCUT2D eigenvalue weighted by Gasteiger charge is 2.15. The largest absolute Gasteiger partial charge is 0.489 e. The summed E-state index contributed by atoms with van der Waals surface area (Å²) in [5, 5.41) is 0. The molecule has 194 valence electrons. The van der Waals surface area contributed by atoms with E-state index >= 15 is 0 Å². The second-order valence-electron chi connectivity index (χ2n) is 6.63. The van der Waals surface area contributed by atoms with E-state index in [1.807, 2.05) is 12.1 Å². The highest BCUT2D eigenvalue weighted by Crippen LogP contribution is 2.46. The Labute approximate surface area is 226 Å². The zero-order valence-electron chi connectivity index (χ0n) is 19.5. The summed E-state index contributed by atoms with van der Waals surface area (Å²) in [7, 11) is 3.30. The van der Waals surface area contributed by atoms with Crippen LogP contribution < -0.4 is 9.47 Å². The van der Waals surface area contributed by atoms with Crippen LogP contribution in [0.15, 0.2) is 19.7 Å². The Balaban J connectivity index is 1.66. The van der Waals surface area contributed by atoms with Crippen LogP contribution in [0.25, 0.3) is 9.75 Å². The Morgan fingerprint density at radius 3 is 1.21 bits per heavy atom. The van der Waals surface area contributed by atoms with Crippen molar-refractivity contribution in [3.8, 4) is 21.3 Å². The average Bonchev–Trinajstić information content (AvgIpc) is 3.39. The van der Waals surface area contributed by atoms with Crippen LogP contribution in [0, 0.1) is 0 Å². The van der Waals surface area contributed by atoms with Gasteiger partial charge in [-0.25, -0.2) is 0 Å². The Morgan fingerprint density at radius 2 is 0.853 bits per heavy atom. The molecule has 2 aromatic rings. The quantitative estimate of drug-likeness (QED) is 0.173. The monoisotopic (exact) mass is 646 g/mol. The van der Waals surface area contributed by atoms with Crippen molar-refractivity contribution in [2.24, 2.45) is 0 Å². The summed E-state index contributed by atoms with van der Waals surface area (Å²) in [6, 6.07) is 4.05. The van der Waals surface area contributed by atoms with Crippen molar-refractivity contribution in [3.63, 3.8) is 0 Å². The molecule has 0 fully saturated rings. The van der Waals surface area contributed by atoms with Crippen molar-refractivity contribution < 1.29 is 37.9 Å². The smallest absolute Gasteiger partial charge is 0.145 e. The van der Waals surface area contributed by atoms with Gasteiger partial charge in [0.2, 0.25) is 0 Å². The van der Waals surface area contributed by atoms with E-state index in [2.05, 4.69) is 31.9 Å². The Kier molecular flexibility index (Phi) is 16.7. The number of halogens is 2. The molecule has 0 atom stereocenters. The molecule has 0 radical (unpaired) electrons. The molecule has 0 aliphatic rings. The lowest BCUT2D eigenvalue weighted by atomic mass is 10.3. The van der Waals surface area contributed by atoms with Gasteiger partial charge in [-0.3, -0.25) is 0 Å². The van der Waals surface area contributed by atoms with Gasteiger partial charge in [0.25, 0.3) is 0 Å². The van der Waals surface area contributed by atoms with Gasteiger partial charge in [-0.2, -0.15) is 0 Å². The molecule has 0 saturated heterocycles. The maximum atomic E-state index is 5.86. The minimum atomic E-state index is 0.465. The van der Waals surface area contributed by atoms with Crippen molar-refractivity contribution >= 4 is 54.5 Å². The molecule has 0 N–H and O–H groups in total. The Bertz CT molecular complexity index is 723. The molecule has 0 spiro atoms. The van der Waals surface area contributed by atoms with E-state index in [4.69, 9.17) is 37.9 Å². The van der Waals surface area contributed by atoms with Gasteiger partial charge in [-0.05, 0) is 31.9 Å². The predicted molar refractivity (Wildman–Crippen MR) is 141 cm³/mol. The first-order chi connectivity index (χ1) is 16.7. The third kappa shape index (κ3) is 12.1. The second-order valence-corrected chi connectivity index (χ2v) is 11.4. The van der Waals surface area contributed by atoms with Gasteiger partial charge in [-0.15, -0.1) is 22.7 Å². The molecule has 2 heterocycles. The highest BCUT2D eigenvalue weighted by molar-refractivity contribution is 9.11. The molecular formula is C22H32Br2O8S2. The van der Waals surface area contributed by atoms with E-state index in [1.54, 1.807) is 36.9 Å². The van der Waals surface area contributed by atoms with E-state index in [-0.39, 0.29) is 0 Å². The zero-order valence-corrected chi connectivity index (χ0v) is 24.3. The minimum absolute atomic E-state index is 0.465. The van der Waals surface area contributed by atoms with Gasteiger partial charge in [-0.1, -0.05) is 0 Å². The molecule has 34 heavy (non-hydrogen) atoms. The summed E-state index contributed by atoms with van der Waals surface area (Å²) in [4.78, 5) is 2.19. The highest BCUT2D eigenvalue weighted by atomic mass is 79.9. The Morgan fingerprint density at radius 1 is 0.529 bits per heavy atom. The first kappa shape index (κ1) is 29.9. The summed E-state index contributed by atoms with van der Waals surface area (Å²) in [5.74, 6) is 1.60. The van der Waals surface area contributed by atoms with Crippen LogP contribution >= 0.6 is 54.5 Å². The Hall–Kier alpha value is -0.280. The third-order valence-corrected chi connectivity index (χ3v) is 7.89. The van der Waals surface area contributed by atoms with Crippen LogP contribution in [0.3, 0.4) is 0 Å². The molecular weight excluding hydrogens is 616 g/mol. The minimum Gasteiger partial charge on any atom is -0.489 e. The van der Waals surface area contributed by atoms with Gasteiger partial charge in [0.15, 0.2) is 0 Å². The van der Waals surface area contributed by atoms with E-state index in [0.717, 1.165) is 28.8 Å². The van der Waals surface area contributed by atoms with Gasteiger partial charge >= 0.3 is 0 Å². The van der Waals surface area contributed by atoms with Gasteiger partial charge in [0.1, 0.15) is 32.3 Å². The van der Waals surface area contributed by atoms with Crippen LogP contribution in [-0.4, -0.2) is 93.5 Å². The first-order valence-electron chi connectivity index (χ1n) is 10.8. The fourth-order valence-electron chi connectivity index (χ4n) is 2.49. The van der Waals surface area contributed by atoms with Crippen molar-refractivity contribution in [2.75, 3.05) is 93.5 Å². The van der Waals surface area contributed by atoms with Gasteiger partial charge in [0, 0.05) is 36.1 Å². The maximum Gasteiger partial charge on any atom is 0.145 e. The lowest BCUT2D eigenvalue weighted by Gasteiger charge is -2.07. The number of hydrogen-bond acceptors (Lipinski definition) is 10. The topological polar surface area (TPSA) is 73.8 Å². The summed E-state index contributed by atoms with van der Waals surface area (Å²) in [6.45, 7) is 6.40. The normalized spacial score (nSPS) is 11.3. The molecule has 8 nitrogen and oxygen atoms in total. The lowest BCUT2D eigenvalue weighted by molar-refractivity contribution is 0.0179. The van der Waals surface area contributed by atoms with Crippen LogP contribution in [0.1, 0.15) is 0 Å². The van der Waals surface area contributed by atoms with Crippen molar-refractivity contribution in [1.82, 2.24) is 0 Å². The molecule has 0 amide bonds. The van der Waals surface area contributed by atoms with Crippen LogP contribution in [0.2, 0.25) is 0 Å². The standard InChI is InChI=1S/C22H32Br2O8S2/c1-25-3-5-27-7-9-29-11-13-31-17-15-19(33-21(17)23)20-16-18(22(24)34-20)32-14-12-30-10-8-28-6-4-26-2/h15-16H,3-14H2,1-2H3. The number of methoxy groups -OCH3 is 2. The molecule has 2 aromatic heterocycles. The summed E-state index contributed by atoms with van der Waals surface area (Å²) in [5.41, 5.74) is 0. The van der Waals surface area contributed by atoms with E-state index in [1.165, 1.54) is 0 Å². The maximum absolute atomic E-state index is 5.86. The third-order valence-electron chi connectivity index (χ3n) is 4.13. The fourth-order valence-corrected chi connectivity index (χ4v) is 5.72. The van der Waals surface area contributed by atoms with E-state index < -0.39 is 0 Å². The van der Waals surface area contributed by atoms with E-state index in [9.17, 15) is 0 Å². The number of rotatable bonds is 21. The van der Waals surface area contributed by atoms with Crippen LogP contribution in [-0.2, 0) is 28.4 Å². The van der Waals surface area contributed by atoms with Crippen molar-refractivity contribution in [3.05, 3.63) is 19.7 Å². The van der Waals surface area contributed by atoms with Gasteiger partial charge in [0.05, 0.1) is 66.1 Å². The SMILES string of the molecule is COCCOCCOCCOc1cc(-c2cc(OCCOCCOCCOC)c(Br)s2)sc1Br. The number of ether oxygens (including phenoxy) is 8. The fraction of sp³-hybridized carbons (Fsp3) is 0.636. The van der Waals surface area contributed by atoms with Crippen molar-refractivity contribution in [2.45, 2.75) is 0 Å². The molecule has 0 aliphatic carbocycles. The predicted octanol–water partition coefficient (Wildman–Crippen LogP) is 5.12. The molecule has 0 bridgehead atoms. The molecule has 12 heteroatoms. The van der Waals surface area contributed by atoms with Gasteiger partial charge < -0.3 is 37.9 Å². The van der Waals surface area contributed by atoms with Crippen molar-refractivity contribution in [1.29, 1.82) is 0 Å². The molecule has 2 rings (SSSR count). The van der Waals surface area contributed by atoms with E-state index in [0.29, 0.717) is 79.3 Å². The summed E-state index contributed by atoms with van der Waals surface area (Å²) < 4.78 is 45.2. The molecule has 0 aliphatic heterocycles. The molecule has 0 unspecified atom stereocenters. The summed E-state index contributed by atoms with van der Waals surface area (Å²) >= 11 is 10.4. The molecule has 0 aromatic carbocycles. The zero-order chi connectivity index (χ0) is 24.4. The van der Waals surface area contributed by atoms with Crippen LogP contribution in [0.4, 0.5) is 0 Å². The number of hydrogen-bond donors (Lipinski definition) is 0. The summed E-state index contributed by atoms with van der Waals surface area (Å²) in [6.07, 6.45) is 0. The lowest BCUT2D eigenvalue weighted by Crippen LogP contribution is -2.12. The van der Waals surface area contributed by atoms with Crippen LogP contribution in [0.5, 0.6) is 11.5 Å². The molecule has 0 saturated carbocycles. The number of thiophene rings is 2. The first-order valence-corrected chi connectivity index (χ1v) is 14.0. The second kappa shape index (κ2) is 18.9.